The van der Waals surface area contributed by atoms with Crippen molar-refractivity contribution in [2.75, 3.05) is 14.1 Å². The van der Waals surface area contributed by atoms with Crippen LogP contribution in [0.1, 0.15) is 10.4 Å². The fourth-order valence-corrected chi connectivity index (χ4v) is 1.09. The van der Waals surface area contributed by atoms with E-state index >= 15 is 0 Å². The Morgan fingerprint density at radius 3 is 2.13 bits per heavy atom. The van der Waals surface area contributed by atoms with Gasteiger partial charge in [-0.15, -0.1) is 0 Å². The Bertz CT molecular complexity index is 377. The lowest BCUT2D eigenvalue weighted by Gasteiger charge is -2.09. The van der Waals surface area contributed by atoms with E-state index in [1.807, 2.05) is 0 Å². The average molecular weight is 206 g/mol. The summed E-state index contributed by atoms with van der Waals surface area (Å²) in [7, 11) is 3.40. The number of guanidine groups is 1. The zero-order valence-corrected chi connectivity index (χ0v) is 8.77. The van der Waals surface area contributed by atoms with Crippen LogP contribution in [0.2, 0.25) is 0 Å². The van der Waals surface area contributed by atoms with Gasteiger partial charge in [0.05, 0.1) is 5.69 Å². The highest BCUT2D eigenvalue weighted by molar-refractivity contribution is 5.94. The topological polar surface area (TPSA) is 84.7 Å². The second kappa shape index (κ2) is 4.45. The molecule has 80 valence electrons. The summed E-state index contributed by atoms with van der Waals surface area (Å²) in [6, 6.07) is 6.75. The number of carbonyl (C=O) groups excluding carboxylic acids is 1. The first-order chi connectivity index (χ1) is 7.00. The minimum absolute atomic E-state index is 0.00156. The van der Waals surface area contributed by atoms with Crippen LogP contribution >= 0.6 is 0 Å². The molecule has 0 aliphatic heterocycles. The first-order valence-electron chi connectivity index (χ1n) is 4.42. The Hall–Kier alpha value is -2.04. The van der Waals surface area contributed by atoms with Gasteiger partial charge in [0.2, 0.25) is 0 Å². The summed E-state index contributed by atoms with van der Waals surface area (Å²) in [6.45, 7) is 0. The van der Waals surface area contributed by atoms with Crippen LogP contribution in [-0.2, 0) is 0 Å². The number of amides is 1. The third kappa shape index (κ3) is 2.98. The predicted molar refractivity (Wildman–Crippen MR) is 59.9 cm³/mol. The van der Waals surface area contributed by atoms with Crippen molar-refractivity contribution in [3.8, 4) is 0 Å². The van der Waals surface area contributed by atoms with Crippen molar-refractivity contribution in [2.45, 2.75) is 0 Å². The third-order valence-electron chi connectivity index (χ3n) is 1.78. The van der Waals surface area contributed by atoms with Gasteiger partial charge in [-0.3, -0.25) is 4.79 Å². The van der Waals surface area contributed by atoms with Gasteiger partial charge in [0, 0.05) is 19.7 Å². The zero-order valence-electron chi connectivity index (χ0n) is 8.77. The van der Waals surface area contributed by atoms with Crippen molar-refractivity contribution in [3.63, 3.8) is 0 Å². The van der Waals surface area contributed by atoms with E-state index in [0.717, 1.165) is 0 Å². The van der Waals surface area contributed by atoms with Gasteiger partial charge in [-0.05, 0) is 24.3 Å². The van der Waals surface area contributed by atoms with Crippen LogP contribution in [0.15, 0.2) is 29.3 Å². The van der Waals surface area contributed by atoms with Crippen LogP contribution in [-0.4, -0.2) is 30.9 Å². The Morgan fingerprint density at radius 2 is 1.73 bits per heavy atom. The van der Waals surface area contributed by atoms with Crippen LogP contribution in [0.5, 0.6) is 0 Å². The Balaban J connectivity index is 2.90. The van der Waals surface area contributed by atoms with Crippen LogP contribution in [0, 0.1) is 0 Å². The van der Waals surface area contributed by atoms with Crippen molar-refractivity contribution < 1.29 is 4.79 Å². The molecule has 4 N–H and O–H groups in total. The Labute approximate surface area is 88.4 Å². The highest BCUT2D eigenvalue weighted by Crippen LogP contribution is 2.13. The van der Waals surface area contributed by atoms with E-state index in [9.17, 15) is 4.79 Å². The van der Waals surface area contributed by atoms with Gasteiger partial charge in [0.1, 0.15) is 0 Å². The molecular formula is C10H14N4O. The zero-order chi connectivity index (χ0) is 11.4. The Kier molecular flexibility index (Phi) is 3.28. The first-order valence-corrected chi connectivity index (χ1v) is 4.42. The smallest absolute Gasteiger partial charge is 0.253 e. The number of aliphatic imine (C=N–C) groups is 1. The molecule has 0 aliphatic rings. The lowest BCUT2D eigenvalue weighted by molar-refractivity contribution is 0.0827. The summed E-state index contributed by atoms with van der Waals surface area (Å²) in [4.78, 5) is 16.9. The maximum Gasteiger partial charge on any atom is 0.253 e. The molecule has 0 aliphatic carbocycles. The minimum atomic E-state index is -0.0498. The van der Waals surface area contributed by atoms with Gasteiger partial charge in [-0.25, -0.2) is 4.99 Å². The highest BCUT2D eigenvalue weighted by Gasteiger charge is 2.06. The van der Waals surface area contributed by atoms with Gasteiger partial charge < -0.3 is 16.4 Å². The standard InChI is InChI=1S/C10H14N4O/c1-14(2)9(15)7-3-5-8(6-4-7)13-10(11)12/h3-6H,1-2H3,(H4,11,12,13). The van der Waals surface area contributed by atoms with Crippen molar-refractivity contribution >= 4 is 17.6 Å². The molecule has 0 atom stereocenters. The molecule has 0 heterocycles. The molecule has 1 aromatic rings. The number of benzene rings is 1. The number of hydrogen-bond donors (Lipinski definition) is 2. The van der Waals surface area contributed by atoms with E-state index in [4.69, 9.17) is 11.5 Å². The normalized spacial score (nSPS) is 9.47. The molecule has 0 bridgehead atoms. The van der Waals surface area contributed by atoms with Crippen LogP contribution in [0.3, 0.4) is 0 Å². The fourth-order valence-electron chi connectivity index (χ4n) is 1.09. The molecule has 5 nitrogen and oxygen atoms in total. The summed E-state index contributed by atoms with van der Waals surface area (Å²) in [5.41, 5.74) is 11.7. The van der Waals surface area contributed by atoms with Crippen LogP contribution in [0.4, 0.5) is 5.69 Å². The van der Waals surface area contributed by atoms with Gasteiger partial charge in [-0.2, -0.15) is 0 Å². The quantitative estimate of drug-likeness (QED) is 0.539. The van der Waals surface area contributed by atoms with Gasteiger partial charge in [0.15, 0.2) is 5.96 Å². The SMILES string of the molecule is CN(C)C(=O)c1ccc(N=C(N)N)cc1. The molecule has 1 amide bonds. The number of hydrogen-bond acceptors (Lipinski definition) is 2. The van der Waals surface area contributed by atoms with Gasteiger partial charge in [-0.1, -0.05) is 0 Å². The third-order valence-corrected chi connectivity index (χ3v) is 1.78. The van der Waals surface area contributed by atoms with E-state index in [1.54, 1.807) is 38.4 Å². The molecule has 15 heavy (non-hydrogen) atoms. The van der Waals surface area contributed by atoms with Crippen molar-refractivity contribution in [3.05, 3.63) is 29.8 Å². The summed E-state index contributed by atoms with van der Waals surface area (Å²) >= 11 is 0. The van der Waals surface area contributed by atoms with Crippen molar-refractivity contribution in [1.29, 1.82) is 0 Å². The Morgan fingerprint density at radius 1 is 1.20 bits per heavy atom. The van der Waals surface area contributed by atoms with E-state index in [1.165, 1.54) is 4.90 Å². The molecule has 0 fully saturated rings. The number of carbonyl (C=O) groups is 1. The van der Waals surface area contributed by atoms with E-state index in [2.05, 4.69) is 4.99 Å². The van der Waals surface area contributed by atoms with Crippen molar-refractivity contribution in [1.82, 2.24) is 4.90 Å². The van der Waals surface area contributed by atoms with E-state index in [0.29, 0.717) is 11.3 Å². The van der Waals surface area contributed by atoms with Crippen molar-refractivity contribution in [2.24, 2.45) is 16.5 Å². The maximum absolute atomic E-state index is 11.5. The van der Waals surface area contributed by atoms with E-state index in [-0.39, 0.29) is 11.9 Å². The molecule has 0 aromatic heterocycles. The molecular weight excluding hydrogens is 192 g/mol. The molecule has 0 saturated carbocycles. The maximum atomic E-state index is 11.5. The molecule has 0 unspecified atom stereocenters. The molecule has 1 rings (SSSR count). The number of nitrogens with two attached hydrogens (primary N) is 2. The first kappa shape index (κ1) is 11.0. The minimum Gasteiger partial charge on any atom is -0.370 e. The molecule has 0 saturated heterocycles. The van der Waals surface area contributed by atoms with Gasteiger partial charge >= 0.3 is 0 Å². The largest absolute Gasteiger partial charge is 0.370 e. The van der Waals surface area contributed by atoms with Gasteiger partial charge in [0.25, 0.3) is 5.91 Å². The second-order valence-corrected chi connectivity index (χ2v) is 3.28. The summed E-state index contributed by atoms with van der Waals surface area (Å²) in [5.74, 6) is -0.0482. The number of nitrogens with zero attached hydrogens (tertiary/aromatic N) is 2. The monoisotopic (exact) mass is 206 g/mol. The summed E-state index contributed by atoms with van der Waals surface area (Å²) in [5, 5.41) is 0. The molecule has 0 spiro atoms. The lowest BCUT2D eigenvalue weighted by atomic mass is 10.2. The fraction of sp³-hybridized carbons (Fsp3) is 0.200. The summed E-state index contributed by atoms with van der Waals surface area (Å²) < 4.78 is 0. The van der Waals surface area contributed by atoms with Crippen LogP contribution < -0.4 is 11.5 Å². The lowest BCUT2D eigenvalue weighted by Crippen LogP contribution is -2.22. The molecule has 5 heteroatoms. The molecule has 0 radical (unpaired) electrons. The van der Waals surface area contributed by atoms with Crippen LogP contribution in [0.25, 0.3) is 0 Å². The highest BCUT2D eigenvalue weighted by atomic mass is 16.2. The molecule has 1 aromatic carbocycles. The van der Waals surface area contributed by atoms with E-state index < -0.39 is 0 Å². The average Bonchev–Trinajstić information content (AvgIpc) is 2.17. The predicted octanol–water partition coefficient (Wildman–Crippen LogP) is 0.293. The summed E-state index contributed by atoms with van der Waals surface area (Å²) in [6.07, 6.45) is 0. The second-order valence-electron chi connectivity index (χ2n) is 3.28. The number of rotatable bonds is 2.